The molecule has 148 valence electrons. The summed E-state index contributed by atoms with van der Waals surface area (Å²) in [5.74, 6) is 1.73. The molecule has 0 aliphatic rings. The minimum Gasteiger partial charge on any atom is -0.338 e. The average Bonchev–Trinajstić information content (AvgIpc) is 3.22. The Balaban J connectivity index is 1.58. The summed E-state index contributed by atoms with van der Waals surface area (Å²) in [6.45, 7) is 5.22. The number of aromatic amines is 1. The fourth-order valence-corrected chi connectivity index (χ4v) is 3.23. The standard InChI is InChI=1S/C22H23N5O2/c1-3-15(2)27(13-19-23-18-12-8-7-11-17(18)22(28)24-19)14-20-25-21(26-29-20)16-9-5-4-6-10-16/h4-12,15H,3,13-14H2,1-2H3,(H,23,24,28). The van der Waals surface area contributed by atoms with E-state index in [1.807, 2.05) is 48.5 Å². The van der Waals surface area contributed by atoms with Gasteiger partial charge in [0.25, 0.3) is 5.56 Å². The normalized spacial score (nSPS) is 12.5. The van der Waals surface area contributed by atoms with Gasteiger partial charge in [-0.3, -0.25) is 9.69 Å². The highest BCUT2D eigenvalue weighted by Crippen LogP contribution is 2.18. The maximum atomic E-state index is 12.4. The van der Waals surface area contributed by atoms with Crippen molar-refractivity contribution in [3.8, 4) is 11.4 Å². The summed E-state index contributed by atoms with van der Waals surface area (Å²) in [6, 6.07) is 17.3. The lowest BCUT2D eigenvalue weighted by atomic mass is 10.2. The van der Waals surface area contributed by atoms with Crippen LogP contribution in [0.5, 0.6) is 0 Å². The number of H-pyrrole nitrogens is 1. The molecule has 0 fully saturated rings. The van der Waals surface area contributed by atoms with Crippen molar-refractivity contribution in [3.63, 3.8) is 0 Å². The van der Waals surface area contributed by atoms with Crippen molar-refractivity contribution in [1.82, 2.24) is 25.0 Å². The highest BCUT2D eigenvalue weighted by Gasteiger charge is 2.19. The first-order valence-corrected chi connectivity index (χ1v) is 9.74. The molecule has 2 heterocycles. The lowest BCUT2D eigenvalue weighted by Crippen LogP contribution is -2.33. The van der Waals surface area contributed by atoms with Crippen LogP contribution in [0.3, 0.4) is 0 Å². The van der Waals surface area contributed by atoms with Crippen LogP contribution in [0.4, 0.5) is 0 Å². The summed E-state index contributed by atoms with van der Waals surface area (Å²) in [6.07, 6.45) is 0.942. The van der Waals surface area contributed by atoms with Crippen LogP contribution in [-0.4, -0.2) is 31.1 Å². The van der Waals surface area contributed by atoms with Gasteiger partial charge in [0.15, 0.2) is 0 Å². The monoisotopic (exact) mass is 389 g/mol. The first kappa shape index (κ1) is 19.0. The molecule has 2 aromatic carbocycles. The second kappa shape index (κ2) is 8.36. The van der Waals surface area contributed by atoms with Crippen LogP contribution < -0.4 is 5.56 Å². The average molecular weight is 389 g/mol. The van der Waals surface area contributed by atoms with Gasteiger partial charge < -0.3 is 9.51 Å². The van der Waals surface area contributed by atoms with E-state index < -0.39 is 0 Å². The summed E-state index contributed by atoms with van der Waals surface area (Å²) in [4.78, 5) is 26.6. The fourth-order valence-electron chi connectivity index (χ4n) is 3.23. The van der Waals surface area contributed by atoms with Crippen molar-refractivity contribution in [2.24, 2.45) is 0 Å². The molecule has 4 rings (SSSR count). The Morgan fingerprint density at radius 1 is 1.03 bits per heavy atom. The van der Waals surface area contributed by atoms with Crippen molar-refractivity contribution in [2.45, 2.75) is 39.4 Å². The maximum absolute atomic E-state index is 12.4. The zero-order valence-electron chi connectivity index (χ0n) is 16.5. The first-order chi connectivity index (χ1) is 14.1. The van der Waals surface area contributed by atoms with Gasteiger partial charge in [-0.25, -0.2) is 4.98 Å². The third-order valence-electron chi connectivity index (χ3n) is 5.07. The molecule has 4 aromatic rings. The summed E-state index contributed by atoms with van der Waals surface area (Å²) in [5, 5.41) is 4.69. The van der Waals surface area contributed by atoms with Gasteiger partial charge in [-0.15, -0.1) is 0 Å². The van der Waals surface area contributed by atoms with Gasteiger partial charge in [-0.05, 0) is 25.5 Å². The lowest BCUT2D eigenvalue weighted by Gasteiger charge is -2.26. The molecule has 0 radical (unpaired) electrons. The Bertz CT molecular complexity index is 1150. The number of hydrogen-bond acceptors (Lipinski definition) is 6. The number of nitrogens with one attached hydrogen (secondary N) is 1. The molecule has 0 spiro atoms. The molecule has 0 aliphatic carbocycles. The molecule has 1 unspecified atom stereocenters. The molecule has 29 heavy (non-hydrogen) atoms. The van der Waals surface area contributed by atoms with E-state index in [1.54, 1.807) is 6.07 Å². The highest BCUT2D eigenvalue weighted by atomic mass is 16.5. The lowest BCUT2D eigenvalue weighted by molar-refractivity contribution is 0.158. The predicted octanol–water partition coefficient (Wildman–Crippen LogP) is 3.77. The van der Waals surface area contributed by atoms with Crippen molar-refractivity contribution in [2.75, 3.05) is 0 Å². The number of benzene rings is 2. The molecule has 7 nitrogen and oxygen atoms in total. The van der Waals surface area contributed by atoms with Crippen LogP contribution in [0, 0.1) is 0 Å². The largest absolute Gasteiger partial charge is 0.338 e. The Morgan fingerprint density at radius 3 is 2.59 bits per heavy atom. The molecule has 0 saturated carbocycles. The van der Waals surface area contributed by atoms with Crippen molar-refractivity contribution >= 4 is 10.9 Å². The van der Waals surface area contributed by atoms with E-state index >= 15 is 0 Å². The van der Waals surface area contributed by atoms with E-state index in [0.717, 1.165) is 12.0 Å². The number of para-hydroxylation sites is 1. The van der Waals surface area contributed by atoms with Crippen LogP contribution >= 0.6 is 0 Å². The van der Waals surface area contributed by atoms with E-state index in [2.05, 4.69) is 38.9 Å². The number of nitrogens with zero attached hydrogens (tertiary/aromatic N) is 4. The summed E-state index contributed by atoms with van der Waals surface area (Å²) in [5.41, 5.74) is 1.48. The number of aromatic nitrogens is 4. The zero-order chi connectivity index (χ0) is 20.2. The Hall–Kier alpha value is -3.32. The Morgan fingerprint density at radius 2 is 1.79 bits per heavy atom. The molecule has 1 N–H and O–H groups in total. The van der Waals surface area contributed by atoms with E-state index in [-0.39, 0.29) is 11.6 Å². The van der Waals surface area contributed by atoms with Crippen molar-refractivity contribution in [3.05, 3.63) is 76.7 Å². The maximum Gasteiger partial charge on any atom is 0.258 e. The van der Waals surface area contributed by atoms with Crippen LogP contribution in [0.25, 0.3) is 22.3 Å². The van der Waals surface area contributed by atoms with Gasteiger partial charge in [-0.2, -0.15) is 4.98 Å². The molecule has 7 heteroatoms. The van der Waals surface area contributed by atoms with E-state index in [4.69, 9.17) is 4.52 Å². The topological polar surface area (TPSA) is 87.9 Å². The fraction of sp³-hybridized carbons (Fsp3) is 0.273. The second-order valence-electron chi connectivity index (χ2n) is 7.07. The summed E-state index contributed by atoms with van der Waals surface area (Å²) in [7, 11) is 0. The molecule has 0 saturated heterocycles. The Labute approximate surface area is 168 Å². The number of fused-ring (bicyclic) bond motifs is 1. The molecule has 0 aliphatic heterocycles. The third kappa shape index (κ3) is 4.25. The van der Waals surface area contributed by atoms with Gasteiger partial charge in [0.05, 0.1) is 24.0 Å². The third-order valence-corrected chi connectivity index (χ3v) is 5.07. The smallest absolute Gasteiger partial charge is 0.258 e. The first-order valence-electron chi connectivity index (χ1n) is 9.74. The second-order valence-corrected chi connectivity index (χ2v) is 7.07. The van der Waals surface area contributed by atoms with E-state index in [0.29, 0.717) is 41.5 Å². The highest BCUT2D eigenvalue weighted by molar-refractivity contribution is 5.77. The quantitative estimate of drug-likeness (QED) is 0.518. The predicted molar refractivity (Wildman–Crippen MR) is 111 cm³/mol. The van der Waals surface area contributed by atoms with Crippen molar-refractivity contribution < 1.29 is 4.52 Å². The van der Waals surface area contributed by atoms with Crippen LogP contribution in [0.15, 0.2) is 63.9 Å². The van der Waals surface area contributed by atoms with Crippen LogP contribution in [-0.2, 0) is 13.1 Å². The summed E-state index contributed by atoms with van der Waals surface area (Å²) >= 11 is 0. The molecule has 0 bridgehead atoms. The zero-order valence-corrected chi connectivity index (χ0v) is 16.5. The Kier molecular flexibility index (Phi) is 5.48. The van der Waals surface area contributed by atoms with Gasteiger partial charge >= 0.3 is 0 Å². The molecular formula is C22H23N5O2. The summed E-state index contributed by atoms with van der Waals surface area (Å²) < 4.78 is 5.48. The minimum atomic E-state index is -0.126. The SMILES string of the molecule is CCC(C)N(Cc1nc2ccccc2c(=O)[nH]1)Cc1nc(-c2ccccc2)no1. The van der Waals surface area contributed by atoms with E-state index in [1.165, 1.54) is 0 Å². The molecule has 2 aromatic heterocycles. The molecule has 1 atom stereocenters. The number of hydrogen-bond donors (Lipinski definition) is 1. The van der Waals surface area contributed by atoms with Gasteiger partial charge in [-0.1, -0.05) is 54.5 Å². The van der Waals surface area contributed by atoms with Gasteiger partial charge in [0, 0.05) is 11.6 Å². The van der Waals surface area contributed by atoms with E-state index in [9.17, 15) is 4.79 Å². The van der Waals surface area contributed by atoms with Gasteiger partial charge in [0.1, 0.15) is 5.82 Å². The number of rotatable bonds is 7. The van der Waals surface area contributed by atoms with Gasteiger partial charge in [0.2, 0.25) is 11.7 Å². The van der Waals surface area contributed by atoms with Crippen LogP contribution in [0.1, 0.15) is 32.0 Å². The molecule has 0 amide bonds. The van der Waals surface area contributed by atoms with Crippen LogP contribution in [0.2, 0.25) is 0 Å². The molecular weight excluding hydrogens is 366 g/mol. The van der Waals surface area contributed by atoms with Crippen molar-refractivity contribution in [1.29, 1.82) is 0 Å². The minimum absolute atomic E-state index is 0.126.